The third kappa shape index (κ3) is 2.86. The molecule has 0 unspecified atom stereocenters. The van der Waals surface area contributed by atoms with Gasteiger partial charge in [-0.25, -0.2) is 0 Å². The number of fused-ring (bicyclic) bond motifs is 1. The van der Waals surface area contributed by atoms with E-state index in [4.69, 9.17) is 0 Å². The van der Waals surface area contributed by atoms with Gasteiger partial charge in [0.25, 0.3) is 0 Å². The van der Waals surface area contributed by atoms with Gasteiger partial charge in [-0.1, -0.05) is 0 Å². The average molecular weight is 308 g/mol. The molecule has 1 aromatic rings. The molecule has 0 spiro atoms. The Morgan fingerprint density at radius 2 is 2.00 bits per heavy atom. The highest BCUT2D eigenvalue weighted by atomic mass is 35.5. The maximum atomic E-state index is 13.0. The Morgan fingerprint density at radius 3 is 2.70 bits per heavy atom. The molecule has 3 heterocycles. The van der Waals surface area contributed by atoms with Gasteiger partial charge in [-0.3, -0.25) is 4.98 Å². The summed E-state index contributed by atoms with van der Waals surface area (Å²) in [6, 6.07) is 1.48. The van der Waals surface area contributed by atoms with Gasteiger partial charge >= 0.3 is 6.18 Å². The van der Waals surface area contributed by atoms with Crippen molar-refractivity contribution in [2.24, 2.45) is 11.8 Å². The molecule has 2 aliphatic rings. The Morgan fingerprint density at radius 1 is 1.25 bits per heavy atom. The van der Waals surface area contributed by atoms with Crippen LogP contribution in [0.2, 0.25) is 0 Å². The molecule has 0 saturated carbocycles. The van der Waals surface area contributed by atoms with E-state index < -0.39 is 11.7 Å². The first kappa shape index (κ1) is 15.4. The lowest BCUT2D eigenvalue weighted by Gasteiger charge is -2.23. The second-order valence-electron chi connectivity index (χ2n) is 5.31. The normalized spacial score (nSPS) is 26.1. The van der Waals surface area contributed by atoms with Crippen molar-refractivity contribution in [2.75, 3.05) is 31.1 Å². The molecule has 7 heteroatoms. The summed E-state index contributed by atoms with van der Waals surface area (Å²) in [6.45, 7) is 3.30. The van der Waals surface area contributed by atoms with Gasteiger partial charge in [0.15, 0.2) is 0 Å². The second kappa shape index (κ2) is 5.77. The number of pyridine rings is 1. The molecular formula is C13H17ClF3N3. The van der Waals surface area contributed by atoms with E-state index in [-0.39, 0.29) is 18.1 Å². The minimum absolute atomic E-state index is 0. The van der Waals surface area contributed by atoms with E-state index in [1.165, 1.54) is 12.3 Å². The number of nitrogens with zero attached hydrogens (tertiary/aromatic N) is 2. The van der Waals surface area contributed by atoms with Gasteiger partial charge in [0.2, 0.25) is 0 Å². The first-order valence-corrected chi connectivity index (χ1v) is 6.52. The zero-order valence-electron chi connectivity index (χ0n) is 10.9. The van der Waals surface area contributed by atoms with Crippen molar-refractivity contribution < 1.29 is 13.2 Å². The zero-order valence-corrected chi connectivity index (χ0v) is 11.7. The topological polar surface area (TPSA) is 28.2 Å². The predicted octanol–water partition coefficient (Wildman–Crippen LogP) is 2.57. The van der Waals surface area contributed by atoms with Gasteiger partial charge in [-0.2, -0.15) is 13.2 Å². The molecule has 3 rings (SSSR count). The molecule has 2 saturated heterocycles. The summed E-state index contributed by atoms with van der Waals surface area (Å²) < 4.78 is 39.0. The molecule has 2 fully saturated rings. The maximum absolute atomic E-state index is 13.0. The summed E-state index contributed by atoms with van der Waals surface area (Å²) in [5, 5.41) is 3.31. The Kier molecular flexibility index (Phi) is 4.44. The minimum atomic E-state index is -4.34. The number of aromatic nitrogens is 1. The van der Waals surface area contributed by atoms with Crippen LogP contribution >= 0.6 is 12.4 Å². The van der Waals surface area contributed by atoms with Gasteiger partial charge in [0, 0.05) is 25.5 Å². The molecule has 2 atom stereocenters. The number of nitrogens with one attached hydrogen (secondary N) is 1. The van der Waals surface area contributed by atoms with Crippen LogP contribution in [0.1, 0.15) is 12.0 Å². The number of anilines is 1. The van der Waals surface area contributed by atoms with Crippen molar-refractivity contribution in [3.05, 3.63) is 24.0 Å². The Balaban J connectivity index is 0.00000147. The highest BCUT2D eigenvalue weighted by molar-refractivity contribution is 5.85. The van der Waals surface area contributed by atoms with Crippen LogP contribution in [-0.4, -0.2) is 31.2 Å². The highest BCUT2D eigenvalue weighted by Gasteiger charge is 2.39. The number of alkyl halides is 3. The Hall–Kier alpha value is -1.01. The summed E-state index contributed by atoms with van der Waals surface area (Å²) in [7, 11) is 0. The third-order valence-electron chi connectivity index (χ3n) is 4.12. The van der Waals surface area contributed by atoms with E-state index in [2.05, 4.69) is 10.3 Å². The summed E-state index contributed by atoms with van der Waals surface area (Å²) in [5.41, 5.74) is -0.349. The van der Waals surface area contributed by atoms with E-state index in [0.717, 1.165) is 32.3 Å². The SMILES string of the molecule is Cl.FC(F)(F)c1cnccc1N1C[C@H]2CNCC[C@H]2C1. The van der Waals surface area contributed by atoms with Crippen LogP contribution in [-0.2, 0) is 6.18 Å². The minimum Gasteiger partial charge on any atom is -0.370 e. The van der Waals surface area contributed by atoms with Gasteiger partial charge < -0.3 is 10.2 Å². The molecule has 0 amide bonds. The summed E-state index contributed by atoms with van der Waals surface area (Å²) in [6.07, 6.45) is -0.927. The monoisotopic (exact) mass is 307 g/mol. The summed E-state index contributed by atoms with van der Waals surface area (Å²) >= 11 is 0. The van der Waals surface area contributed by atoms with Crippen molar-refractivity contribution in [1.82, 2.24) is 10.3 Å². The standard InChI is InChI=1S/C13H16F3N3.ClH/c14-13(15,16)11-6-18-4-2-12(11)19-7-9-1-3-17-5-10(9)8-19;/h2,4,6,9-10,17H,1,3,5,7-8H2;1H/t9-,10+;/m0./s1. The van der Waals surface area contributed by atoms with Gasteiger partial charge in [0.1, 0.15) is 0 Å². The molecule has 0 aromatic carbocycles. The van der Waals surface area contributed by atoms with E-state index >= 15 is 0 Å². The Bertz CT molecular complexity index is 452. The molecule has 0 bridgehead atoms. The zero-order chi connectivity index (χ0) is 13.5. The molecule has 112 valence electrons. The van der Waals surface area contributed by atoms with Crippen LogP contribution in [0.25, 0.3) is 0 Å². The lowest BCUT2D eigenvalue weighted by atomic mass is 9.90. The van der Waals surface area contributed by atoms with E-state index in [9.17, 15) is 13.2 Å². The lowest BCUT2D eigenvalue weighted by molar-refractivity contribution is -0.137. The van der Waals surface area contributed by atoms with Crippen LogP contribution in [0.3, 0.4) is 0 Å². The first-order valence-electron chi connectivity index (χ1n) is 6.52. The molecule has 20 heavy (non-hydrogen) atoms. The quantitative estimate of drug-likeness (QED) is 0.864. The van der Waals surface area contributed by atoms with E-state index in [1.54, 1.807) is 0 Å². The van der Waals surface area contributed by atoms with Crippen LogP contribution in [0.5, 0.6) is 0 Å². The van der Waals surface area contributed by atoms with Crippen LogP contribution in [0.4, 0.5) is 18.9 Å². The fraction of sp³-hybridized carbons (Fsp3) is 0.615. The largest absolute Gasteiger partial charge is 0.419 e. The van der Waals surface area contributed by atoms with Crippen molar-refractivity contribution in [3.63, 3.8) is 0 Å². The number of hydrogen-bond acceptors (Lipinski definition) is 3. The van der Waals surface area contributed by atoms with Crippen molar-refractivity contribution in [3.8, 4) is 0 Å². The molecule has 3 nitrogen and oxygen atoms in total. The summed E-state index contributed by atoms with van der Waals surface area (Å²) in [4.78, 5) is 5.48. The second-order valence-corrected chi connectivity index (χ2v) is 5.31. The molecule has 2 aliphatic heterocycles. The van der Waals surface area contributed by atoms with Crippen molar-refractivity contribution >= 4 is 18.1 Å². The Labute approximate surface area is 122 Å². The smallest absolute Gasteiger partial charge is 0.370 e. The molecule has 0 aliphatic carbocycles. The van der Waals surface area contributed by atoms with Gasteiger partial charge in [-0.05, 0) is 37.4 Å². The molecular weight excluding hydrogens is 291 g/mol. The van der Waals surface area contributed by atoms with Crippen LogP contribution in [0, 0.1) is 11.8 Å². The van der Waals surface area contributed by atoms with Gasteiger partial charge in [-0.15, -0.1) is 12.4 Å². The fourth-order valence-electron chi connectivity index (χ4n) is 3.15. The van der Waals surface area contributed by atoms with Crippen LogP contribution < -0.4 is 10.2 Å². The van der Waals surface area contributed by atoms with Crippen molar-refractivity contribution in [2.45, 2.75) is 12.6 Å². The van der Waals surface area contributed by atoms with Gasteiger partial charge in [0.05, 0.1) is 11.3 Å². The lowest BCUT2D eigenvalue weighted by Crippen LogP contribution is -2.35. The third-order valence-corrected chi connectivity index (χ3v) is 4.12. The number of hydrogen-bond donors (Lipinski definition) is 1. The predicted molar refractivity (Wildman–Crippen MR) is 73.2 cm³/mol. The highest BCUT2D eigenvalue weighted by Crippen LogP contribution is 2.39. The summed E-state index contributed by atoms with van der Waals surface area (Å²) in [5.74, 6) is 0.971. The number of halogens is 4. The first-order chi connectivity index (χ1) is 9.05. The molecule has 1 N–H and O–H groups in total. The maximum Gasteiger partial charge on any atom is 0.419 e. The molecule has 1 aromatic heterocycles. The van der Waals surface area contributed by atoms with Crippen LogP contribution in [0.15, 0.2) is 18.5 Å². The average Bonchev–Trinajstić information content (AvgIpc) is 2.81. The van der Waals surface area contributed by atoms with E-state index in [0.29, 0.717) is 18.4 Å². The fourth-order valence-corrected chi connectivity index (χ4v) is 3.15. The number of piperidine rings is 1. The van der Waals surface area contributed by atoms with E-state index in [1.807, 2.05) is 4.90 Å². The number of rotatable bonds is 1. The molecule has 0 radical (unpaired) electrons. The van der Waals surface area contributed by atoms with Crippen molar-refractivity contribution in [1.29, 1.82) is 0 Å².